The van der Waals surface area contributed by atoms with Crippen LogP contribution in [-0.2, 0) is 4.79 Å². The summed E-state index contributed by atoms with van der Waals surface area (Å²) >= 11 is 1.28. The standard InChI is InChI=1S/C15H21NO4S/c1-2-3-4-5-9-13(14(17)16-20)21-12-8-6-7-11(10-12)15(18)19/h6-8,10,13,20H,2-5,9H2,1H3,(H,16,17)(H,18,19). The average molecular weight is 311 g/mol. The Hall–Kier alpha value is -1.53. The normalized spacial score (nSPS) is 11.9. The molecule has 0 saturated heterocycles. The lowest BCUT2D eigenvalue weighted by Crippen LogP contribution is -2.30. The van der Waals surface area contributed by atoms with E-state index >= 15 is 0 Å². The first-order valence-corrected chi connectivity index (χ1v) is 7.90. The fourth-order valence-electron chi connectivity index (χ4n) is 1.94. The van der Waals surface area contributed by atoms with E-state index in [0.29, 0.717) is 11.3 Å². The summed E-state index contributed by atoms with van der Waals surface area (Å²) in [7, 11) is 0. The zero-order valence-corrected chi connectivity index (χ0v) is 12.9. The highest BCUT2D eigenvalue weighted by atomic mass is 32.2. The van der Waals surface area contributed by atoms with E-state index in [-0.39, 0.29) is 5.56 Å². The quantitative estimate of drug-likeness (QED) is 0.282. The van der Waals surface area contributed by atoms with Gasteiger partial charge in [-0.1, -0.05) is 38.7 Å². The maximum atomic E-state index is 11.7. The minimum Gasteiger partial charge on any atom is -0.478 e. The maximum absolute atomic E-state index is 11.7. The number of benzene rings is 1. The number of rotatable bonds is 9. The molecule has 1 aromatic rings. The Morgan fingerprint density at radius 2 is 2.05 bits per heavy atom. The molecule has 1 unspecified atom stereocenters. The van der Waals surface area contributed by atoms with Crippen molar-refractivity contribution in [3.05, 3.63) is 29.8 Å². The Morgan fingerprint density at radius 1 is 1.29 bits per heavy atom. The summed E-state index contributed by atoms with van der Waals surface area (Å²) in [5, 5.41) is 17.4. The number of carboxylic acids is 1. The second kappa shape index (κ2) is 9.41. The fraction of sp³-hybridized carbons (Fsp3) is 0.467. The van der Waals surface area contributed by atoms with Gasteiger partial charge in [-0.15, -0.1) is 11.8 Å². The molecule has 0 spiro atoms. The van der Waals surface area contributed by atoms with E-state index in [1.807, 2.05) is 0 Å². The molecule has 0 heterocycles. The van der Waals surface area contributed by atoms with Gasteiger partial charge in [-0.05, 0) is 24.6 Å². The van der Waals surface area contributed by atoms with Crippen LogP contribution in [-0.4, -0.2) is 27.4 Å². The van der Waals surface area contributed by atoms with Gasteiger partial charge in [0.15, 0.2) is 0 Å². The van der Waals surface area contributed by atoms with Crippen molar-refractivity contribution >= 4 is 23.6 Å². The van der Waals surface area contributed by atoms with Crippen molar-refractivity contribution in [3.63, 3.8) is 0 Å². The second-order valence-corrected chi connectivity index (χ2v) is 6.04. The third kappa shape index (κ3) is 6.18. The van der Waals surface area contributed by atoms with E-state index in [2.05, 4.69) is 6.92 Å². The van der Waals surface area contributed by atoms with Gasteiger partial charge in [0, 0.05) is 4.90 Å². The molecule has 1 atom stereocenters. The van der Waals surface area contributed by atoms with Crippen LogP contribution >= 0.6 is 11.8 Å². The Morgan fingerprint density at radius 3 is 2.67 bits per heavy atom. The zero-order chi connectivity index (χ0) is 15.7. The average Bonchev–Trinajstić information content (AvgIpc) is 2.49. The lowest BCUT2D eigenvalue weighted by molar-refractivity contribution is -0.128. The van der Waals surface area contributed by atoms with Crippen molar-refractivity contribution < 1.29 is 19.9 Å². The Bertz CT molecular complexity index is 478. The van der Waals surface area contributed by atoms with Crippen LogP contribution in [0.25, 0.3) is 0 Å². The number of carbonyl (C=O) groups excluding carboxylic acids is 1. The smallest absolute Gasteiger partial charge is 0.335 e. The van der Waals surface area contributed by atoms with E-state index in [4.69, 9.17) is 10.3 Å². The number of carbonyl (C=O) groups is 2. The number of unbranched alkanes of at least 4 members (excludes halogenated alkanes) is 3. The van der Waals surface area contributed by atoms with Gasteiger partial charge in [-0.25, -0.2) is 10.3 Å². The molecular weight excluding hydrogens is 290 g/mol. The number of nitrogens with one attached hydrogen (secondary N) is 1. The van der Waals surface area contributed by atoms with Crippen LogP contribution in [0.5, 0.6) is 0 Å². The summed E-state index contributed by atoms with van der Waals surface area (Å²) < 4.78 is 0. The van der Waals surface area contributed by atoms with Crippen LogP contribution in [0.1, 0.15) is 49.4 Å². The lowest BCUT2D eigenvalue weighted by Gasteiger charge is -2.14. The molecule has 21 heavy (non-hydrogen) atoms. The second-order valence-electron chi connectivity index (χ2n) is 4.76. The molecule has 116 valence electrons. The van der Waals surface area contributed by atoms with Crippen LogP contribution in [0, 0.1) is 0 Å². The van der Waals surface area contributed by atoms with Gasteiger partial charge in [0.2, 0.25) is 0 Å². The number of amides is 1. The molecule has 0 aliphatic carbocycles. The Balaban J connectivity index is 2.69. The molecule has 0 radical (unpaired) electrons. The number of hydrogen-bond donors (Lipinski definition) is 3. The van der Waals surface area contributed by atoms with Gasteiger partial charge >= 0.3 is 5.97 Å². The summed E-state index contributed by atoms with van der Waals surface area (Å²) in [6, 6.07) is 6.46. The molecule has 1 rings (SSSR count). The molecule has 0 aromatic heterocycles. The van der Waals surface area contributed by atoms with E-state index in [1.165, 1.54) is 23.9 Å². The van der Waals surface area contributed by atoms with E-state index in [9.17, 15) is 9.59 Å². The highest BCUT2D eigenvalue weighted by molar-refractivity contribution is 8.00. The minimum absolute atomic E-state index is 0.189. The number of hydroxylamine groups is 1. The molecular formula is C15H21NO4S. The van der Waals surface area contributed by atoms with Crippen molar-refractivity contribution in [1.82, 2.24) is 5.48 Å². The molecule has 1 amide bonds. The van der Waals surface area contributed by atoms with Crippen LogP contribution in [0.2, 0.25) is 0 Å². The predicted octanol–water partition coefficient (Wildman–Crippen LogP) is 3.32. The Labute approximate surface area is 128 Å². The van der Waals surface area contributed by atoms with E-state index < -0.39 is 17.1 Å². The molecule has 1 aromatic carbocycles. The number of carboxylic acid groups (broad SMARTS) is 1. The summed E-state index contributed by atoms with van der Waals surface area (Å²) in [5.41, 5.74) is 1.88. The van der Waals surface area contributed by atoms with Gasteiger partial charge < -0.3 is 5.11 Å². The van der Waals surface area contributed by atoms with E-state index in [1.54, 1.807) is 17.6 Å². The molecule has 0 bridgehead atoms. The molecule has 0 aliphatic rings. The predicted molar refractivity (Wildman–Crippen MR) is 81.7 cm³/mol. The van der Waals surface area contributed by atoms with Gasteiger partial charge in [-0.2, -0.15) is 0 Å². The van der Waals surface area contributed by atoms with E-state index in [0.717, 1.165) is 25.7 Å². The lowest BCUT2D eigenvalue weighted by atomic mass is 10.1. The first kappa shape index (κ1) is 17.5. The summed E-state index contributed by atoms with van der Waals surface area (Å²) in [4.78, 5) is 23.4. The van der Waals surface area contributed by atoms with Gasteiger partial charge in [0.25, 0.3) is 5.91 Å². The number of thioether (sulfide) groups is 1. The molecule has 3 N–H and O–H groups in total. The highest BCUT2D eigenvalue weighted by Gasteiger charge is 2.19. The zero-order valence-electron chi connectivity index (χ0n) is 12.0. The van der Waals surface area contributed by atoms with Crippen LogP contribution in [0.4, 0.5) is 0 Å². The first-order chi connectivity index (χ1) is 10.1. The van der Waals surface area contributed by atoms with Crippen molar-refractivity contribution in [2.24, 2.45) is 0 Å². The Kier molecular flexibility index (Phi) is 7.85. The molecule has 6 heteroatoms. The molecule has 5 nitrogen and oxygen atoms in total. The number of hydrogen-bond acceptors (Lipinski definition) is 4. The minimum atomic E-state index is -0.997. The van der Waals surface area contributed by atoms with Gasteiger partial charge in [0.1, 0.15) is 0 Å². The maximum Gasteiger partial charge on any atom is 0.335 e. The number of aromatic carboxylic acids is 1. The van der Waals surface area contributed by atoms with Crippen LogP contribution < -0.4 is 5.48 Å². The molecule has 0 saturated carbocycles. The van der Waals surface area contributed by atoms with Crippen LogP contribution in [0.15, 0.2) is 29.2 Å². The molecule has 0 fully saturated rings. The first-order valence-electron chi connectivity index (χ1n) is 7.02. The fourth-order valence-corrected chi connectivity index (χ4v) is 3.06. The van der Waals surface area contributed by atoms with Gasteiger partial charge in [0.05, 0.1) is 10.8 Å². The summed E-state index contributed by atoms with van der Waals surface area (Å²) in [6.45, 7) is 2.12. The molecule has 0 aliphatic heterocycles. The third-order valence-electron chi connectivity index (χ3n) is 3.08. The monoisotopic (exact) mass is 311 g/mol. The SMILES string of the molecule is CCCCCCC(Sc1cccc(C(=O)O)c1)C(=O)NO. The topological polar surface area (TPSA) is 86.6 Å². The van der Waals surface area contributed by atoms with Crippen molar-refractivity contribution in [3.8, 4) is 0 Å². The van der Waals surface area contributed by atoms with Crippen molar-refractivity contribution in [1.29, 1.82) is 0 Å². The summed E-state index contributed by atoms with van der Waals surface area (Å²) in [6.07, 6.45) is 4.82. The van der Waals surface area contributed by atoms with Crippen molar-refractivity contribution in [2.75, 3.05) is 0 Å². The van der Waals surface area contributed by atoms with Crippen molar-refractivity contribution in [2.45, 2.75) is 49.2 Å². The highest BCUT2D eigenvalue weighted by Crippen LogP contribution is 2.28. The third-order valence-corrected chi connectivity index (χ3v) is 4.34. The van der Waals surface area contributed by atoms with Gasteiger partial charge in [-0.3, -0.25) is 10.0 Å². The van der Waals surface area contributed by atoms with Crippen LogP contribution in [0.3, 0.4) is 0 Å². The largest absolute Gasteiger partial charge is 0.478 e. The summed E-state index contributed by atoms with van der Waals surface area (Å²) in [5.74, 6) is -1.44.